The van der Waals surface area contributed by atoms with Gasteiger partial charge < -0.3 is 0 Å². The van der Waals surface area contributed by atoms with Gasteiger partial charge in [0.15, 0.2) is 0 Å². The van der Waals surface area contributed by atoms with Crippen molar-refractivity contribution in [2.45, 2.75) is 37.0 Å². The number of aromatic nitrogens is 1. The molecule has 4 nitrogen and oxygen atoms in total. The van der Waals surface area contributed by atoms with Crippen molar-refractivity contribution in [3.8, 4) is 0 Å². The molecule has 104 valence electrons. The van der Waals surface area contributed by atoms with Crippen molar-refractivity contribution < 1.29 is 8.42 Å². The van der Waals surface area contributed by atoms with Crippen LogP contribution >= 0.6 is 11.6 Å². The lowest BCUT2D eigenvalue weighted by Crippen LogP contribution is -2.25. The summed E-state index contributed by atoms with van der Waals surface area (Å²) >= 11 is 5.63. The van der Waals surface area contributed by atoms with Gasteiger partial charge in [0.25, 0.3) is 0 Å². The van der Waals surface area contributed by atoms with Gasteiger partial charge in [-0.2, -0.15) is 0 Å². The Bertz CT molecular complexity index is 553. The predicted molar refractivity (Wildman–Crippen MR) is 75.6 cm³/mol. The molecule has 0 fully saturated rings. The molecule has 0 saturated heterocycles. The van der Waals surface area contributed by atoms with E-state index in [1.807, 2.05) is 0 Å². The van der Waals surface area contributed by atoms with Crippen molar-refractivity contribution in [2.75, 3.05) is 6.54 Å². The lowest BCUT2D eigenvalue weighted by atomic mass is 9.97. The third kappa shape index (κ3) is 4.30. The second kappa shape index (κ2) is 6.50. The molecule has 0 aliphatic heterocycles. The van der Waals surface area contributed by atoms with Gasteiger partial charge in [0.1, 0.15) is 10.0 Å². The molecule has 0 aromatic carbocycles. The Morgan fingerprint density at radius 2 is 2.16 bits per heavy atom. The van der Waals surface area contributed by atoms with Crippen LogP contribution in [0.1, 0.15) is 32.1 Å². The van der Waals surface area contributed by atoms with Crippen LogP contribution in [0.25, 0.3) is 0 Å². The Kier molecular flexibility index (Phi) is 4.96. The van der Waals surface area contributed by atoms with Crippen molar-refractivity contribution in [2.24, 2.45) is 0 Å². The maximum atomic E-state index is 12.0. The van der Waals surface area contributed by atoms with Crippen LogP contribution in [0.4, 0.5) is 0 Å². The summed E-state index contributed by atoms with van der Waals surface area (Å²) in [5.74, 6) is 0. The summed E-state index contributed by atoms with van der Waals surface area (Å²) in [4.78, 5) is 3.93. The van der Waals surface area contributed by atoms with Gasteiger partial charge in [-0.15, -0.1) is 0 Å². The zero-order valence-electron chi connectivity index (χ0n) is 10.6. The molecular weight excluding hydrogens is 284 g/mol. The SMILES string of the molecule is O=S(=O)(NCCC1=CCCCC1)c1ccc(Cl)nc1. The molecular formula is C13H17ClN2O2S. The van der Waals surface area contributed by atoms with Crippen LogP contribution in [-0.2, 0) is 10.0 Å². The minimum atomic E-state index is -3.48. The largest absolute Gasteiger partial charge is 0.243 e. The first-order valence-electron chi connectivity index (χ1n) is 6.37. The highest BCUT2D eigenvalue weighted by atomic mass is 35.5. The van der Waals surface area contributed by atoms with Gasteiger partial charge in [-0.05, 0) is 44.2 Å². The van der Waals surface area contributed by atoms with Gasteiger partial charge in [-0.25, -0.2) is 18.1 Å². The molecule has 1 heterocycles. The molecule has 1 aromatic heterocycles. The van der Waals surface area contributed by atoms with Crippen LogP contribution in [0.3, 0.4) is 0 Å². The van der Waals surface area contributed by atoms with Gasteiger partial charge >= 0.3 is 0 Å². The summed E-state index contributed by atoms with van der Waals surface area (Å²) in [5.41, 5.74) is 1.35. The maximum absolute atomic E-state index is 12.0. The normalized spacial score (nSPS) is 16.2. The molecule has 0 amide bonds. The minimum absolute atomic E-state index is 0.148. The quantitative estimate of drug-likeness (QED) is 0.672. The van der Waals surface area contributed by atoms with Crippen molar-refractivity contribution in [3.63, 3.8) is 0 Å². The molecule has 1 aliphatic rings. The topological polar surface area (TPSA) is 59.1 Å². The average molecular weight is 301 g/mol. The molecule has 0 saturated carbocycles. The Hall–Kier alpha value is -0.910. The first kappa shape index (κ1) is 14.5. The van der Waals surface area contributed by atoms with E-state index in [1.165, 1.54) is 36.7 Å². The van der Waals surface area contributed by atoms with E-state index in [-0.39, 0.29) is 10.0 Å². The van der Waals surface area contributed by atoms with Crippen molar-refractivity contribution >= 4 is 21.6 Å². The van der Waals surface area contributed by atoms with E-state index in [4.69, 9.17) is 11.6 Å². The summed E-state index contributed by atoms with van der Waals surface area (Å²) in [7, 11) is -3.48. The number of halogens is 1. The van der Waals surface area contributed by atoms with Crippen LogP contribution in [0.15, 0.2) is 34.9 Å². The molecule has 1 aliphatic carbocycles. The molecule has 0 bridgehead atoms. The average Bonchev–Trinajstić information content (AvgIpc) is 2.40. The summed E-state index contributed by atoms with van der Waals surface area (Å²) in [5, 5.41) is 0.284. The molecule has 0 atom stereocenters. The summed E-state index contributed by atoms with van der Waals surface area (Å²) in [6.45, 7) is 0.427. The second-order valence-corrected chi connectivity index (χ2v) is 6.73. The zero-order chi connectivity index (χ0) is 13.7. The predicted octanol–water partition coefficient (Wildman–Crippen LogP) is 2.90. The van der Waals surface area contributed by atoms with E-state index < -0.39 is 10.0 Å². The third-order valence-corrected chi connectivity index (χ3v) is 4.80. The van der Waals surface area contributed by atoms with E-state index in [1.54, 1.807) is 0 Å². The molecule has 1 aromatic rings. The smallest absolute Gasteiger partial charge is 0.242 e. The highest BCUT2D eigenvalue weighted by Crippen LogP contribution is 2.19. The second-order valence-electron chi connectivity index (χ2n) is 4.57. The number of nitrogens with zero attached hydrogens (tertiary/aromatic N) is 1. The number of nitrogens with one attached hydrogen (secondary N) is 1. The molecule has 6 heteroatoms. The fourth-order valence-corrected chi connectivity index (χ4v) is 3.17. The van der Waals surface area contributed by atoms with E-state index in [0.717, 1.165) is 19.3 Å². The van der Waals surface area contributed by atoms with Crippen LogP contribution < -0.4 is 4.72 Å². The molecule has 2 rings (SSSR count). The van der Waals surface area contributed by atoms with E-state index in [2.05, 4.69) is 15.8 Å². The maximum Gasteiger partial charge on any atom is 0.242 e. The highest BCUT2D eigenvalue weighted by Gasteiger charge is 2.14. The number of rotatable bonds is 5. The lowest BCUT2D eigenvalue weighted by molar-refractivity contribution is 0.579. The third-order valence-electron chi connectivity index (χ3n) is 3.13. The summed E-state index contributed by atoms with van der Waals surface area (Å²) in [6.07, 6.45) is 8.92. The zero-order valence-corrected chi connectivity index (χ0v) is 12.2. The molecule has 19 heavy (non-hydrogen) atoms. The Morgan fingerprint density at radius 1 is 1.32 bits per heavy atom. The number of sulfonamides is 1. The van der Waals surface area contributed by atoms with Gasteiger partial charge in [0.2, 0.25) is 10.0 Å². The van der Waals surface area contributed by atoms with Gasteiger partial charge in [0, 0.05) is 12.7 Å². The first-order chi connectivity index (χ1) is 9.08. The Balaban J connectivity index is 1.90. The Morgan fingerprint density at radius 3 is 2.79 bits per heavy atom. The Labute approximate surface area is 118 Å². The first-order valence-corrected chi connectivity index (χ1v) is 8.23. The standard InChI is InChI=1S/C13H17ClN2O2S/c14-13-7-6-12(10-15-13)19(17,18)16-9-8-11-4-2-1-3-5-11/h4,6-7,10,16H,1-3,5,8-9H2. The lowest BCUT2D eigenvalue weighted by Gasteiger charge is -2.13. The van der Waals surface area contributed by atoms with Gasteiger partial charge in [-0.3, -0.25) is 0 Å². The molecule has 0 radical (unpaired) electrons. The monoisotopic (exact) mass is 300 g/mol. The van der Waals surface area contributed by atoms with E-state index in [9.17, 15) is 8.42 Å². The molecule has 0 spiro atoms. The number of hydrogen-bond donors (Lipinski definition) is 1. The van der Waals surface area contributed by atoms with Crippen molar-refractivity contribution in [1.82, 2.24) is 9.71 Å². The van der Waals surface area contributed by atoms with Crippen LogP contribution in [-0.4, -0.2) is 19.9 Å². The van der Waals surface area contributed by atoms with Gasteiger partial charge in [0.05, 0.1) is 0 Å². The van der Waals surface area contributed by atoms with Crippen LogP contribution in [0, 0.1) is 0 Å². The minimum Gasteiger partial charge on any atom is -0.243 e. The van der Waals surface area contributed by atoms with Crippen LogP contribution in [0.5, 0.6) is 0 Å². The fraction of sp³-hybridized carbons (Fsp3) is 0.462. The molecule has 1 N–H and O–H groups in total. The van der Waals surface area contributed by atoms with Crippen LogP contribution in [0.2, 0.25) is 5.15 Å². The summed E-state index contributed by atoms with van der Waals surface area (Å²) < 4.78 is 26.5. The van der Waals surface area contributed by atoms with Gasteiger partial charge in [-0.1, -0.05) is 23.3 Å². The number of pyridine rings is 1. The number of allylic oxidation sites excluding steroid dienone is 1. The fourth-order valence-electron chi connectivity index (χ4n) is 2.08. The number of hydrogen-bond acceptors (Lipinski definition) is 3. The van der Waals surface area contributed by atoms with Crippen molar-refractivity contribution in [3.05, 3.63) is 35.1 Å². The van der Waals surface area contributed by atoms with Crippen molar-refractivity contribution in [1.29, 1.82) is 0 Å². The molecule has 0 unspecified atom stereocenters. The van der Waals surface area contributed by atoms with E-state index in [0.29, 0.717) is 6.54 Å². The van der Waals surface area contributed by atoms with E-state index >= 15 is 0 Å². The highest BCUT2D eigenvalue weighted by molar-refractivity contribution is 7.89. The summed E-state index contributed by atoms with van der Waals surface area (Å²) in [6, 6.07) is 2.93.